The zero-order valence-corrected chi connectivity index (χ0v) is 12.0. The van der Waals surface area contributed by atoms with E-state index in [-0.39, 0.29) is 0 Å². The molecule has 2 heterocycles. The number of hydrogen-bond donors (Lipinski definition) is 1. The molecule has 2 aliphatic heterocycles. The second-order valence-electron chi connectivity index (χ2n) is 4.83. The molecule has 0 aromatic heterocycles. The smallest absolute Gasteiger partial charge is 0.245 e. The number of hydrazone groups is 1. The average molecular weight is 294 g/mol. The van der Waals surface area contributed by atoms with Crippen LogP contribution in [0.1, 0.15) is 6.42 Å². The molecule has 0 amide bonds. The summed E-state index contributed by atoms with van der Waals surface area (Å²) >= 11 is 0. The predicted molar refractivity (Wildman–Crippen MR) is 78.5 cm³/mol. The molecule has 6 nitrogen and oxygen atoms in total. The molecule has 1 N–H and O–H groups in total. The predicted octanol–water partition coefficient (Wildman–Crippen LogP) is 0.476. The van der Waals surface area contributed by atoms with Gasteiger partial charge in [-0.1, -0.05) is 12.1 Å². The van der Waals surface area contributed by atoms with E-state index in [9.17, 15) is 8.42 Å². The Hall–Kier alpha value is -1.44. The van der Waals surface area contributed by atoms with Gasteiger partial charge in [0.1, 0.15) is 4.90 Å². The van der Waals surface area contributed by atoms with E-state index >= 15 is 0 Å². The summed E-state index contributed by atoms with van der Waals surface area (Å²) in [5, 5.41) is 9.17. The van der Waals surface area contributed by atoms with Crippen LogP contribution in [0.2, 0.25) is 0 Å². The van der Waals surface area contributed by atoms with Crippen LogP contribution in [-0.4, -0.2) is 51.7 Å². The number of nitrogens with zero attached hydrogens (tertiary/aromatic N) is 3. The number of benzene rings is 1. The summed E-state index contributed by atoms with van der Waals surface area (Å²) in [7, 11) is -3.45. The molecule has 108 valence electrons. The van der Waals surface area contributed by atoms with Crippen molar-refractivity contribution in [3.8, 4) is 0 Å². The zero-order valence-electron chi connectivity index (χ0n) is 11.2. The summed E-state index contributed by atoms with van der Waals surface area (Å²) in [5.74, 6) is 0. The van der Waals surface area contributed by atoms with Gasteiger partial charge in [-0.25, -0.2) is 8.42 Å². The number of piperazine rings is 1. The molecule has 1 fully saturated rings. The Kier molecular flexibility index (Phi) is 3.73. The van der Waals surface area contributed by atoms with Gasteiger partial charge < -0.3 is 5.32 Å². The van der Waals surface area contributed by atoms with Crippen molar-refractivity contribution in [1.29, 1.82) is 0 Å². The molecule has 0 saturated carbocycles. The molecular formula is C13H18N4O2S. The lowest BCUT2D eigenvalue weighted by atomic mass is 10.3. The monoisotopic (exact) mass is 294 g/mol. The molecule has 1 aromatic rings. The fourth-order valence-corrected chi connectivity index (χ4v) is 4.12. The van der Waals surface area contributed by atoms with Crippen LogP contribution in [0.4, 0.5) is 5.69 Å². The summed E-state index contributed by atoms with van der Waals surface area (Å²) in [4.78, 5) is 0.348. The van der Waals surface area contributed by atoms with Crippen molar-refractivity contribution in [3.63, 3.8) is 0 Å². The molecule has 2 aliphatic rings. The summed E-state index contributed by atoms with van der Waals surface area (Å²) in [6, 6.07) is 7.09. The van der Waals surface area contributed by atoms with Crippen molar-refractivity contribution in [2.75, 3.05) is 37.7 Å². The fourth-order valence-electron chi connectivity index (χ4n) is 2.49. The Bertz CT molecular complexity index is 609. The van der Waals surface area contributed by atoms with Crippen LogP contribution < -0.4 is 10.3 Å². The van der Waals surface area contributed by atoms with Gasteiger partial charge in [-0.3, -0.25) is 5.01 Å². The van der Waals surface area contributed by atoms with Crippen LogP contribution in [0.5, 0.6) is 0 Å². The second kappa shape index (κ2) is 5.51. The molecule has 7 heteroatoms. The lowest BCUT2D eigenvalue weighted by Crippen LogP contribution is -2.46. The number of hydrogen-bond acceptors (Lipinski definition) is 5. The van der Waals surface area contributed by atoms with Gasteiger partial charge in [0.15, 0.2) is 0 Å². The third kappa shape index (κ3) is 2.44. The van der Waals surface area contributed by atoms with E-state index in [1.54, 1.807) is 21.4 Å². The van der Waals surface area contributed by atoms with Crippen molar-refractivity contribution in [1.82, 2.24) is 9.62 Å². The minimum atomic E-state index is -3.45. The van der Waals surface area contributed by atoms with Gasteiger partial charge in [0.25, 0.3) is 0 Å². The number of para-hydroxylation sites is 1. The Morgan fingerprint density at radius 3 is 2.55 bits per heavy atom. The van der Waals surface area contributed by atoms with Gasteiger partial charge in [0.05, 0.1) is 5.69 Å². The van der Waals surface area contributed by atoms with E-state index in [0.717, 1.165) is 13.0 Å². The van der Waals surface area contributed by atoms with E-state index in [1.807, 2.05) is 18.3 Å². The van der Waals surface area contributed by atoms with Crippen molar-refractivity contribution < 1.29 is 8.42 Å². The highest BCUT2D eigenvalue weighted by atomic mass is 32.2. The molecule has 0 radical (unpaired) electrons. The lowest BCUT2D eigenvalue weighted by Gasteiger charge is -2.28. The minimum absolute atomic E-state index is 0.348. The van der Waals surface area contributed by atoms with Crippen LogP contribution >= 0.6 is 0 Å². The maximum atomic E-state index is 12.8. The molecule has 0 spiro atoms. The Morgan fingerprint density at radius 1 is 1.10 bits per heavy atom. The zero-order chi connectivity index (χ0) is 14.0. The molecule has 0 aliphatic carbocycles. The van der Waals surface area contributed by atoms with Crippen LogP contribution in [0, 0.1) is 0 Å². The molecule has 0 atom stereocenters. The average Bonchev–Trinajstić information content (AvgIpc) is 3.02. The second-order valence-corrected chi connectivity index (χ2v) is 6.74. The third-order valence-electron chi connectivity index (χ3n) is 3.53. The van der Waals surface area contributed by atoms with Gasteiger partial charge in [-0.2, -0.15) is 9.41 Å². The molecule has 3 rings (SSSR count). The van der Waals surface area contributed by atoms with Gasteiger partial charge in [-0.15, -0.1) is 0 Å². The quantitative estimate of drug-likeness (QED) is 0.880. The third-order valence-corrected chi connectivity index (χ3v) is 5.47. The van der Waals surface area contributed by atoms with Crippen LogP contribution in [0.3, 0.4) is 0 Å². The first-order valence-electron chi connectivity index (χ1n) is 6.79. The van der Waals surface area contributed by atoms with Gasteiger partial charge in [-0.05, 0) is 12.1 Å². The van der Waals surface area contributed by atoms with E-state index in [1.165, 1.54) is 0 Å². The highest BCUT2D eigenvalue weighted by Crippen LogP contribution is 2.29. The van der Waals surface area contributed by atoms with E-state index in [2.05, 4.69) is 10.4 Å². The fraction of sp³-hybridized carbons (Fsp3) is 0.462. The molecule has 1 saturated heterocycles. The molecule has 1 aromatic carbocycles. The standard InChI is InChI=1S/C13H18N4O2S/c18-20(19,16-10-7-14-8-11-16)13-5-2-1-4-12(13)17-9-3-6-15-17/h1-2,4-6,14H,3,7-11H2. The maximum Gasteiger partial charge on any atom is 0.245 e. The van der Waals surface area contributed by atoms with Crippen molar-refractivity contribution in [2.24, 2.45) is 5.10 Å². The first kappa shape index (κ1) is 13.5. The van der Waals surface area contributed by atoms with Crippen molar-refractivity contribution in [3.05, 3.63) is 24.3 Å². The highest BCUT2D eigenvalue weighted by Gasteiger charge is 2.29. The Morgan fingerprint density at radius 2 is 1.85 bits per heavy atom. The van der Waals surface area contributed by atoms with E-state index in [0.29, 0.717) is 36.8 Å². The number of anilines is 1. The first-order valence-corrected chi connectivity index (χ1v) is 8.23. The Labute approximate surface area is 119 Å². The molecular weight excluding hydrogens is 276 g/mol. The summed E-state index contributed by atoms with van der Waals surface area (Å²) < 4.78 is 27.1. The topological polar surface area (TPSA) is 65.0 Å². The normalized spacial score (nSPS) is 20.5. The van der Waals surface area contributed by atoms with Crippen LogP contribution in [0.15, 0.2) is 34.3 Å². The SMILES string of the molecule is O=S(=O)(c1ccccc1N1CCC=N1)N1CCNCC1. The van der Waals surface area contributed by atoms with Gasteiger partial charge in [0, 0.05) is 45.4 Å². The largest absolute Gasteiger partial charge is 0.314 e. The molecule has 0 unspecified atom stereocenters. The maximum absolute atomic E-state index is 12.8. The molecule has 0 bridgehead atoms. The first-order chi connectivity index (χ1) is 9.69. The highest BCUT2D eigenvalue weighted by molar-refractivity contribution is 7.89. The van der Waals surface area contributed by atoms with Crippen LogP contribution in [-0.2, 0) is 10.0 Å². The minimum Gasteiger partial charge on any atom is -0.314 e. The number of nitrogens with one attached hydrogen (secondary N) is 1. The van der Waals surface area contributed by atoms with Gasteiger partial charge >= 0.3 is 0 Å². The lowest BCUT2D eigenvalue weighted by molar-refractivity contribution is 0.360. The summed E-state index contributed by atoms with van der Waals surface area (Å²) in [6.07, 6.45) is 2.66. The van der Waals surface area contributed by atoms with Crippen LogP contribution in [0.25, 0.3) is 0 Å². The summed E-state index contributed by atoms with van der Waals surface area (Å²) in [6.45, 7) is 3.15. The molecule has 20 heavy (non-hydrogen) atoms. The number of sulfonamides is 1. The van der Waals surface area contributed by atoms with Crippen molar-refractivity contribution >= 4 is 21.9 Å². The van der Waals surface area contributed by atoms with Gasteiger partial charge in [0.2, 0.25) is 10.0 Å². The number of rotatable bonds is 3. The van der Waals surface area contributed by atoms with E-state index < -0.39 is 10.0 Å². The van der Waals surface area contributed by atoms with E-state index in [4.69, 9.17) is 0 Å². The Balaban J connectivity index is 1.98. The summed E-state index contributed by atoms with van der Waals surface area (Å²) in [5.41, 5.74) is 0.666. The van der Waals surface area contributed by atoms with Crippen molar-refractivity contribution in [2.45, 2.75) is 11.3 Å².